The van der Waals surface area contributed by atoms with Crippen molar-refractivity contribution >= 4 is 28.4 Å². The summed E-state index contributed by atoms with van der Waals surface area (Å²) in [6.07, 6.45) is 7.96. The van der Waals surface area contributed by atoms with E-state index in [0.717, 1.165) is 26.9 Å². The van der Waals surface area contributed by atoms with Gasteiger partial charge in [-0.15, -0.1) is 10.2 Å². The Hall–Kier alpha value is -2.93. The van der Waals surface area contributed by atoms with Crippen molar-refractivity contribution in [3.63, 3.8) is 0 Å². The highest BCUT2D eigenvalue weighted by Crippen LogP contribution is 2.18. The Labute approximate surface area is 141 Å². The van der Waals surface area contributed by atoms with Crippen LogP contribution in [0.25, 0.3) is 17.1 Å². The molecule has 4 rings (SSSR count). The Morgan fingerprint density at radius 2 is 1.96 bits per heavy atom. The maximum Gasteiger partial charge on any atom is 0.234 e. The number of hydrogen-bond acceptors (Lipinski definition) is 5. The third kappa shape index (κ3) is 3.07. The summed E-state index contributed by atoms with van der Waals surface area (Å²) in [5, 5.41) is 13.7. The van der Waals surface area contributed by atoms with Gasteiger partial charge >= 0.3 is 0 Å². The molecule has 5 nitrogen and oxygen atoms in total. The number of halogens is 1. The number of pyridine rings is 1. The van der Waals surface area contributed by atoms with E-state index >= 15 is 0 Å². The van der Waals surface area contributed by atoms with Gasteiger partial charge in [0.1, 0.15) is 10.8 Å². The van der Waals surface area contributed by atoms with Gasteiger partial charge in [-0.25, -0.2) is 4.39 Å². The van der Waals surface area contributed by atoms with Crippen LogP contribution in [0.1, 0.15) is 22.0 Å². The average Bonchev–Trinajstić information content (AvgIpc) is 3.17. The van der Waals surface area contributed by atoms with Gasteiger partial charge in [-0.3, -0.25) is 4.98 Å². The second kappa shape index (κ2) is 6.29. The molecule has 0 fully saturated rings. The van der Waals surface area contributed by atoms with Crippen molar-refractivity contribution in [2.45, 2.75) is 6.42 Å². The number of benzene rings is 1. The largest absolute Gasteiger partial charge is 0.264 e. The smallest absolute Gasteiger partial charge is 0.234 e. The zero-order valence-corrected chi connectivity index (χ0v) is 13.3. The summed E-state index contributed by atoms with van der Waals surface area (Å²) in [5.74, 6) is 0.482. The van der Waals surface area contributed by atoms with E-state index < -0.39 is 0 Å². The highest BCUT2D eigenvalue weighted by atomic mass is 32.1. The summed E-state index contributed by atoms with van der Waals surface area (Å²) < 4.78 is 14.7. The number of fused-ring (bicyclic) bond motifs is 1. The minimum atomic E-state index is -0.248. The fourth-order valence-electron chi connectivity index (χ4n) is 2.28. The molecule has 1 aromatic carbocycles. The molecular weight excluding hydrogens is 325 g/mol. The van der Waals surface area contributed by atoms with Crippen LogP contribution in [-0.2, 0) is 6.42 Å². The van der Waals surface area contributed by atoms with Crippen LogP contribution in [0.5, 0.6) is 0 Å². The maximum atomic E-state index is 13.0. The van der Waals surface area contributed by atoms with Crippen LogP contribution in [0.4, 0.5) is 4.39 Å². The first-order valence-electron chi connectivity index (χ1n) is 7.31. The standard InChI is InChI=1S/C17H12FN5S/c18-14-6-3-12(4-7-14)10-15-20-21-17-23(15)22-16(24-17)8-5-13-2-1-9-19-11-13/h1-9,11H,10H2/b8-5+. The summed E-state index contributed by atoms with van der Waals surface area (Å²) in [5.41, 5.74) is 1.97. The van der Waals surface area contributed by atoms with Gasteiger partial charge in [0.25, 0.3) is 0 Å². The molecule has 4 aromatic rings. The topological polar surface area (TPSA) is 56.0 Å². The van der Waals surface area contributed by atoms with Crippen molar-refractivity contribution in [3.8, 4) is 0 Å². The van der Waals surface area contributed by atoms with Crippen molar-refractivity contribution in [3.05, 3.63) is 76.6 Å². The minimum absolute atomic E-state index is 0.248. The van der Waals surface area contributed by atoms with Crippen LogP contribution in [0.3, 0.4) is 0 Å². The van der Waals surface area contributed by atoms with Crippen LogP contribution in [0, 0.1) is 5.82 Å². The van der Waals surface area contributed by atoms with E-state index in [1.165, 1.54) is 23.5 Å². The van der Waals surface area contributed by atoms with Crippen LogP contribution in [0.15, 0.2) is 48.8 Å². The first kappa shape index (κ1) is 14.6. The third-order valence-electron chi connectivity index (χ3n) is 3.45. The molecule has 0 spiro atoms. The monoisotopic (exact) mass is 337 g/mol. The second-order valence-corrected chi connectivity index (χ2v) is 6.16. The molecule has 0 amide bonds. The summed E-state index contributed by atoms with van der Waals surface area (Å²) >= 11 is 1.46. The molecule has 0 saturated carbocycles. The highest BCUT2D eigenvalue weighted by molar-refractivity contribution is 7.17. The number of rotatable bonds is 4. The summed E-state index contributed by atoms with van der Waals surface area (Å²) in [6.45, 7) is 0. The molecule has 118 valence electrons. The van der Waals surface area contributed by atoms with E-state index in [-0.39, 0.29) is 5.82 Å². The molecule has 0 atom stereocenters. The zero-order valence-electron chi connectivity index (χ0n) is 12.5. The first-order valence-corrected chi connectivity index (χ1v) is 8.13. The molecule has 3 aromatic heterocycles. The van der Waals surface area contributed by atoms with E-state index in [4.69, 9.17) is 0 Å². The Bertz CT molecular complexity index is 989. The molecule has 0 aliphatic rings. The lowest BCUT2D eigenvalue weighted by atomic mass is 10.1. The SMILES string of the molecule is Fc1ccc(Cc2nnc3sc(/C=C/c4cccnc4)nn23)cc1. The lowest BCUT2D eigenvalue weighted by molar-refractivity contribution is 0.627. The van der Waals surface area contributed by atoms with E-state index in [1.807, 2.05) is 24.3 Å². The Morgan fingerprint density at radius 3 is 2.75 bits per heavy atom. The molecule has 0 aliphatic heterocycles. The van der Waals surface area contributed by atoms with Crippen LogP contribution in [-0.4, -0.2) is 24.8 Å². The predicted octanol–water partition coefficient (Wildman–Crippen LogP) is 3.48. The zero-order chi connectivity index (χ0) is 16.4. The Kier molecular flexibility index (Phi) is 3.84. The van der Waals surface area contributed by atoms with Gasteiger partial charge in [0.15, 0.2) is 5.82 Å². The van der Waals surface area contributed by atoms with Gasteiger partial charge in [-0.05, 0) is 35.4 Å². The van der Waals surface area contributed by atoms with Gasteiger partial charge in [0.2, 0.25) is 4.96 Å². The van der Waals surface area contributed by atoms with Crippen LogP contribution < -0.4 is 0 Å². The van der Waals surface area contributed by atoms with Crippen LogP contribution in [0.2, 0.25) is 0 Å². The predicted molar refractivity (Wildman–Crippen MR) is 91.0 cm³/mol. The molecule has 0 radical (unpaired) electrons. The van der Waals surface area contributed by atoms with Crippen molar-refractivity contribution in [1.82, 2.24) is 24.8 Å². The van der Waals surface area contributed by atoms with Crippen molar-refractivity contribution in [2.24, 2.45) is 0 Å². The third-order valence-corrected chi connectivity index (χ3v) is 4.31. The molecule has 0 unspecified atom stereocenters. The molecule has 0 N–H and O–H groups in total. The molecule has 7 heteroatoms. The Morgan fingerprint density at radius 1 is 1.08 bits per heavy atom. The number of nitrogens with zero attached hydrogens (tertiary/aromatic N) is 5. The molecule has 24 heavy (non-hydrogen) atoms. The molecule has 0 aliphatic carbocycles. The van der Waals surface area contributed by atoms with E-state index in [2.05, 4.69) is 20.3 Å². The van der Waals surface area contributed by atoms with Crippen molar-refractivity contribution in [1.29, 1.82) is 0 Å². The first-order chi connectivity index (χ1) is 11.8. The van der Waals surface area contributed by atoms with Gasteiger partial charge < -0.3 is 0 Å². The molecule has 0 saturated heterocycles. The van der Waals surface area contributed by atoms with Gasteiger partial charge in [-0.1, -0.05) is 35.6 Å². The molecular formula is C17H12FN5S. The van der Waals surface area contributed by atoms with E-state index in [9.17, 15) is 4.39 Å². The fraction of sp³-hybridized carbons (Fsp3) is 0.0588. The lowest BCUT2D eigenvalue weighted by Crippen LogP contribution is -1.97. The number of aromatic nitrogens is 5. The maximum absolute atomic E-state index is 13.0. The quantitative estimate of drug-likeness (QED) is 0.572. The lowest BCUT2D eigenvalue weighted by Gasteiger charge is -1.97. The van der Waals surface area contributed by atoms with Crippen LogP contribution >= 0.6 is 11.3 Å². The average molecular weight is 337 g/mol. The second-order valence-electron chi connectivity index (χ2n) is 5.17. The van der Waals surface area contributed by atoms with Gasteiger partial charge in [-0.2, -0.15) is 9.61 Å². The molecule has 3 heterocycles. The number of hydrogen-bond donors (Lipinski definition) is 0. The van der Waals surface area contributed by atoms with E-state index in [0.29, 0.717) is 6.42 Å². The van der Waals surface area contributed by atoms with Gasteiger partial charge in [0, 0.05) is 18.8 Å². The summed E-state index contributed by atoms with van der Waals surface area (Å²) in [6, 6.07) is 10.2. The minimum Gasteiger partial charge on any atom is -0.264 e. The normalized spacial score (nSPS) is 11.5. The summed E-state index contributed by atoms with van der Waals surface area (Å²) in [4.78, 5) is 4.81. The van der Waals surface area contributed by atoms with Crippen molar-refractivity contribution < 1.29 is 4.39 Å². The fourth-order valence-corrected chi connectivity index (χ4v) is 3.04. The van der Waals surface area contributed by atoms with E-state index in [1.54, 1.807) is 29.0 Å². The summed E-state index contributed by atoms with van der Waals surface area (Å²) in [7, 11) is 0. The van der Waals surface area contributed by atoms with Crippen molar-refractivity contribution in [2.75, 3.05) is 0 Å². The molecule has 0 bridgehead atoms. The highest BCUT2D eigenvalue weighted by Gasteiger charge is 2.11. The van der Waals surface area contributed by atoms with Gasteiger partial charge in [0.05, 0.1) is 0 Å². The Balaban J connectivity index is 1.59.